The fourth-order valence-electron chi connectivity index (χ4n) is 3.07. The van der Waals surface area contributed by atoms with Gasteiger partial charge in [-0.1, -0.05) is 30.3 Å². The van der Waals surface area contributed by atoms with Gasteiger partial charge < -0.3 is 14.6 Å². The first-order chi connectivity index (χ1) is 10.6. The molecule has 5 nitrogen and oxygen atoms in total. The van der Waals surface area contributed by atoms with Gasteiger partial charge in [0, 0.05) is 32.5 Å². The van der Waals surface area contributed by atoms with E-state index in [0.717, 1.165) is 18.5 Å². The molecule has 0 amide bonds. The van der Waals surface area contributed by atoms with Crippen LogP contribution in [0.1, 0.15) is 24.8 Å². The second-order valence-corrected chi connectivity index (χ2v) is 5.91. The third-order valence-electron chi connectivity index (χ3n) is 4.42. The molecule has 0 spiro atoms. The van der Waals surface area contributed by atoms with Crippen molar-refractivity contribution in [3.05, 3.63) is 58.6 Å². The fraction of sp³-hybridized carbons (Fsp3) is 0.412. The minimum Gasteiger partial charge on any atom is -0.385 e. The minimum atomic E-state index is -0.823. The maximum Gasteiger partial charge on any atom is 0.293 e. The lowest BCUT2D eigenvalue weighted by Crippen LogP contribution is -2.34. The van der Waals surface area contributed by atoms with Crippen molar-refractivity contribution in [1.29, 1.82) is 0 Å². The molecule has 2 aromatic rings. The average molecular weight is 299 g/mol. The summed E-state index contributed by atoms with van der Waals surface area (Å²) in [5.74, 6) is 0.474. The largest absolute Gasteiger partial charge is 0.385 e. The lowest BCUT2D eigenvalue weighted by atomic mass is 9.87. The molecule has 0 bridgehead atoms. The van der Waals surface area contributed by atoms with Crippen LogP contribution in [-0.4, -0.2) is 27.7 Å². The summed E-state index contributed by atoms with van der Waals surface area (Å²) >= 11 is 0. The molecule has 116 valence electrons. The number of aryl methyl sites for hydroxylation is 1. The van der Waals surface area contributed by atoms with E-state index in [1.54, 1.807) is 19.4 Å². The molecule has 0 saturated carbocycles. The summed E-state index contributed by atoms with van der Waals surface area (Å²) in [6, 6.07) is 9.79. The first kappa shape index (κ1) is 14.8. The minimum absolute atomic E-state index is 0.0901. The van der Waals surface area contributed by atoms with Crippen molar-refractivity contribution in [1.82, 2.24) is 9.55 Å². The molecule has 1 aliphatic heterocycles. The molecule has 2 heterocycles. The normalized spacial score (nSPS) is 22.4. The zero-order valence-electron chi connectivity index (χ0n) is 12.8. The number of aromatic nitrogens is 2. The molecule has 22 heavy (non-hydrogen) atoms. The number of hydrogen-bond acceptors (Lipinski definition) is 4. The van der Waals surface area contributed by atoms with Crippen molar-refractivity contribution >= 4 is 5.82 Å². The van der Waals surface area contributed by atoms with Crippen LogP contribution in [0.3, 0.4) is 0 Å². The molecule has 1 saturated heterocycles. The van der Waals surface area contributed by atoms with Crippen LogP contribution in [0.15, 0.2) is 47.5 Å². The molecule has 1 N–H and O–H groups in total. The van der Waals surface area contributed by atoms with Crippen molar-refractivity contribution < 1.29 is 5.11 Å². The van der Waals surface area contributed by atoms with Crippen molar-refractivity contribution in [3.63, 3.8) is 0 Å². The standard InChI is InChI=1S/C17H21N3O2/c1-19-13-10-18-15(16(19)21)20-11-5-8-17(22,9-12-20)14-6-3-2-4-7-14/h2-4,6-7,10,13,22H,5,8-9,11-12H2,1H3/t17-/m0/s1. The van der Waals surface area contributed by atoms with E-state index in [1.807, 2.05) is 35.2 Å². The third-order valence-corrected chi connectivity index (χ3v) is 4.42. The highest BCUT2D eigenvalue weighted by molar-refractivity contribution is 5.36. The highest BCUT2D eigenvalue weighted by Gasteiger charge is 2.32. The summed E-state index contributed by atoms with van der Waals surface area (Å²) < 4.78 is 1.54. The monoisotopic (exact) mass is 299 g/mol. The van der Waals surface area contributed by atoms with Gasteiger partial charge in [-0.2, -0.15) is 0 Å². The molecule has 1 fully saturated rings. The van der Waals surface area contributed by atoms with E-state index in [-0.39, 0.29) is 5.56 Å². The molecular weight excluding hydrogens is 278 g/mol. The Morgan fingerprint density at radius 3 is 2.73 bits per heavy atom. The first-order valence-electron chi connectivity index (χ1n) is 7.65. The van der Waals surface area contributed by atoms with Crippen LogP contribution < -0.4 is 10.5 Å². The van der Waals surface area contributed by atoms with Crippen molar-refractivity contribution in [2.45, 2.75) is 24.9 Å². The fourth-order valence-corrected chi connectivity index (χ4v) is 3.07. The Morgan fingerprint density at radius 2 is 1.95 bits per heavy atom. The second-order valence-electron chi connectivity index (χ2n) is 5.91. The smallest absolute Gasteiger partial charge is 0.293 e. The van der Waals surface area contributed by atoms with Gasteiger partial charge in [-0.05, 0) is 24.8 Å². The molecule has 1 atom stereocenters. The van der Waals surface area contributed by atoms with Gasteiger partial charge in [-0.3, -0.25) is 4.79 Å². The summed E-state index contributed by atoms with van der Waals surface area (Å²) in [7, 11) is 1.73. The van der Waals surface area contributed by atoms with E-state index in [2.05, 4.69) is 4.98 Å². The zero-order chi connectivity index (χ0) is 15.6. The first-order valence-corrected chi connectivity index (χ1v) is 7.65. The highest BCUT2D eigenvalue weighted by Crippen LogP contribution is 2.33. The predicted octanol–water partition coefficient (Wildman–Crippen LogP) is 1.66. The number of hydrogen-bond donors (Lipinski definition) is 1. The summed E-state index contributed by atoms with van der Waals surface area (Å²) in [5.41, 5.74) is 0.0363. The van der Waals surface area contributed by atoms with Gasteiger partial charge in [0.05, 0.1) is 5.60 Å². The molecule has 1 aliphatic rings. The number of aliphatic hydroxyl groups is 1. The van der Waals surface area contributed by atoms with E-state index in [4.69, 9.17) is 0 Å². The molecule has 0 radical (unpaired) electrons. The van der Waals surface area contributed by atoms with Crippen LogP contribution >= 0.6 is 0 Å². The number of rotatable bonds is 2. The van der Waals surface area contributed by atoms with Crippen molar-refractivity contribution in [3.8, 4) is 0 Å². The Kier molecular flexibility index (Phi) is 3.98. The van der Waals surface area contributed by atoms with Gasteiger partial charge in [-0.25, -0.2) is 4.98 Å². The molecular formula is C17H21N3O2. The lowest BCUT2D eigenvalue weighted by molar-refractivity contribution is 0.0244. The van der Waals surface area contributed by atoms with Crippen LogP contribution in [0.2, 0.25) is 0 Å². The van der Waals surface area contributed by atoms with Gasteiger partial charge in [0.25, 0.3) is 5.56 Å². The van der Waals surface area contributed by atoms with Crippen LogP contribution in [0.4, 0.5) is 5.82 Å². The van der Waals surface area contributed by atoms with Crippen LogP contribution in [0.5, 0.6) is 0 Å². The van der Waals surface area contributed by atoms with Crippen LogP contribution in [0, 0.1) is 0 Å². The third kappa shape index (κ3) is 2.76. The van der Waals surface area contributed by atoms with E-state index >= 15 is 0 Å². The summed E-state index contributed by atoms with van der Waals surface area (Å²) in [6.45, 7) is 1.36. The van der Waals surface area contributed by atoms with Crippen LogP contribution in [0.25, 0.3) is 0 Å². The topological polar surface area (TPSA) is 58.4 Å². The summed E-state index contributed by atoms with van der Waals surface area (Å²) in [4.78, 5) is 18.4. The van der Waals surface area contributed by atoms with Crippen molar-refractivity contribution in [2.24, 2.45) is 7.05 Å². The second kappa shape index (κ2) is 5.93. The molecule has 1 aromatic carbocycles. The highest BCUT2D eigenvalue weighted by atomic mass is 16.3. The van der Waals surface area contributed by atoms with E-state index in [1.165, 1.54) is 4.57 Å². The summed E-state index contributed by atoms with van der Waals surface area (Å²) in [6.07, 6.45) is 5.41. The molecule has 0 aliphatic carbocycles. The Labute approximate surface area is 129 Å². The van der Waals surface area contributed by atoms with E-state index < -0.39 is 5.60 Å². The lowest BCUT2D eigenvalue weighted by Gasteiger charge is -2.27. The number of nitrogens with zero attached hydrogens (tertiary/aromatic N) is 3. The van der Waals surface area contributed by atoms with Crippen LogP contribution in [-0.2, 0) is 12.6 Å². The Hall–Kier alpha value is -2.14. The van der Waals surface area contributed by atoms with Crippen molar-refractivity contribution in [2.75, 3.05) is 18.0 Å². The Morgan fingerprint density at radius 1 is 1.18 bits per heavy atom. The maximum absolute atomic E-state index is 12.2. The number of benzene rings is 1. The van der Waals surface area contributed by atoms with Gasteiger partial charge in [0.2, 0.25) is 0 Å². The van der Waals surface area contributed by atoms with E-state index in [0.29, 0.717) is 25.2 Å². The van der Waals surface area contributed by atoms with Gasteiger partial charge in [0.1, 0.15) is 0 Å². The molecule has 5 heteroatoms. The van der Waals surface area contributed by atoms with Gasteiger partial charge >= 0.3 is 0 Å². The molecule has 1 aromatic heterocycles. The number of anilines is 1. The predicted molar refractivity (Wildman–Crippen MR) is 85.9 cm³/mol. The zero-order valence-corrected chi connectivity index (χ0v) is 12.8. The SMILES string of the molecule is Cn1ccnc(N2CCC[C@@](O)(c3ccccc3)CC2)c1=O. The van der Waals surface area contributed by atoms with Gasteiger partial charge in [0.15, 0.2) is 5.82 Å². The van der Waals surface area contributed by atoms with E-state index in [9.17, 15) is 9.90 Å². The molecule has 3 rings (SSSR count). The molecule has 0 unspecified atom stereocenters. The average Bonchev–Trinajstić information content (AvgIpc) is 2.74. The maximum atomic E-state index is 12.2. The Bertz CT molecular complexity index is 699. The summed E-state index contributed by atoms with van der Waals surface area (Å²) in [5, 5.41) is 11.0. The quantitative estimate of drug-likeness (QED) is 0.916. The Balaban J connectivity index is 1.83. The van der Waals surface area contributed by atoms with Gasteiger partial charge in [-0.15, -0.1) is 0 Å².